The van der Waals surface area contributed by atoms with Gasteiger partial charge in [-0.15, -0.1) is 0 Å². The molecule has 0 fully saturated rings. The van der Waals surface area contributed by atoms with Crippen molar-refractivity contribution in [3.8, 4) is 0 Å². The quantitative estimate of drug-likeness (QED) is 0.193. The van der Waals surface area contributed by atoms with Gasteiger partial charge < -0.3 is 38.1 Å². The van der Waals surface area contributed by atoms with Gasteiger partial charge in [0.2, 0.25) is 0 Å². The van der Waals surface area contributed by atoms with E-state index in [0.717, 1.165) is 19.4 Å². The second-order valence-corrected chi connectivity index (χ2v) is 10.1. The van der Waals surface area contributed by atoms with Gasteiger partial charge in [0, 0.05) is 20.1 Å². The second-order valence-electron chi connectivity index (χ2n) is 10.1. The highest BCUT2D eigenvalue weighted by molar-refractivity contribution is 5.84. The maximum Gasteiger partial charge on any atom is 0.0872 e. The van der Waals surface area contributed by atoms with E-state index >= 15 is 0 Å². The molecule has 0 spiro atoms. The van der Waals surface area contributed by atoms with E-state index in [4.69, 9.17) is 33.2 Å². The third-order valence-electron chi connectivity index (χ3n) is 6.70. The van der Waals surface area contributed by atoms with E-state index in [-0.39, 0.29) is 6.10 Å². The third kappa shape index (κ3) is 12.7. The molecule has 8 nitrogen and oxygen atoms in total. The van der Waals surface area contributed by atoms with Crippen molar-refractivity contribution < 1.29 is 33.2 Å². The first-order valence-electron chi connectivity index (χ1n) is 14.7. The van der Waals surface area contributed by atoms with Crippen molar-refractivity contribution in [2.24, 2.45) is 0 Å². The Bertz CT molecular complexity index is 997. The van der Waals surface area contributed by atoms with Crippen LogP contribution in [0.3, 0.4) is 0 Å². The molecule has 228 valence electrons. The maximum absolute atomic E-state index is 6.42. The Balaban J connectivity index is 1.32. The minimum atomic E-state index is -0.0174. The largest absolute Gasteiger partial charge is 0.382 e. The molecule has 0 unspecified atom stereocenters. The van der Waals surface area contributed by atoms with Gasteiger partial charge >= 0.3 is 0 Å². The first kappa shape index (κ1) is 33.4. The summed E-state index contributed by atoms with van der Waals surface area (Å²) in [5.41, 5.74) is 6.43. The molecule has 41 heavy (non-hydrogen) atoms. The zero-order chi connectivity index (χ0) is 29.0. The molecule has 3 rings (SSSR count). The monoisotopic (exact) mass is 571 g/mol. The van der Waals surface area contributed by atoms with Gasteiger partial charge in [0.1, 0.15) is 0 Å². The highest BCUT2D eigenvalue weighted by Crippen LogP contribution is 2.39. The zero-order valence-electron chi connectivity index (χ0n) is 25.2. The van der Waals surface area contributed by atoms with Gasteiger partial charge in [-0.25, -0.2) is 0 Å². The molecule has 0 aromatic heterocycles. The average molecular weight is 572 g/mol. The van der Waals surface area contributed by atoms with E-state index in [0.29, 0.717) is 79.3 Å². The Labute approximate surface area is 246 Å². The van der Waals surface area contributed by atoms with Gasteiger partial charge in [-0.1, -0.05) is 54.6 Å². The summed E-state index contributed by atoms with van der Waals surface area (Å²) in [5.74, 6) is 0. The van der Waals surface area contributed by atoms with E-state index in [1.54, 1.807) is 7.11 Å². The molecule has 1 aliphatic carbocycles. The number of hydrogen-bond donors (Lipinski definition) is 0. The van der Waals surface area contributed by atoms with Crippen LogP contribution >= 0.6 is 0 Å². The molecule has 2 aromatic carbocycles. The Morgan fingerprint density at radius 3 is 1.76 bits per heavy atom. The number of methoxy groups -OCH3 is 1. The molecule has 0 radical (unpaired) electrons. The summed E-state index contributed by atoms with van der Waals surface area (Å²) in [6, 6.07) is 17.4. The van der Waals surface area contributed by atoms with Crippen LogP contribution in [0.25, 0.3) is 5.57 Å². The van der Waals surface area contributed by atoms with Crippen LogP contribution in [0.4, 0.5) is 0 Å². The fourth-order valence-corrected chi connectivity index (χ4v) is 4.65. The fraction of sp³-hybridized carbons (Fsp3) is 0.576. The lowest BCUT2D eigenvalue weighted by Crippen LogP contribution is -2.15. The van der Waals surface area contributed by atoms with Crippen LogP contribution in [0.1, 0.15) is 34.8 Å². The van der Waals surface area contributed by atoms with Crippen molar-refractivity contribution in [1.82, 2.24) is 4.90 Å². The van der Waals surface area contributed by atoms with Gasteiger partial charge in [0.05, 0.1) is 85.4 Å². The lowest BCUT2D eigenvalue weighted by Gasteiger charge is -2.19. The highest BCUT2D eigenvalue weighted by atomic mass is 16.6. The summed E-state index contributed by atoms with van der Waals surface area (Å²) in [6.45, 7) is 7.58. The van der Waals surface area contributed by atoms with Crippen LogP contribution in [0.5, 0.6) is 0 Å². The molecule has 2 aromatic rings. The van der Waals surface area contributed by atoms with Gasteiger partial charge in [0.25, 0.3) is 0 Å². The molecule has 8 heteroatoms. The molecular weight excluding hydrogens is 522 g/mol. The molecule has 0 heterocycles. The summed E-state index contributed by atoms with van der Waals surface area (Å²) in [7, 11) is 5.88. The van der Waals surface area contributed by atoms with Crippen molar-refractivity contribution in [3.05, 3.63) is 76.9 Å². The van der Waals surface area contributed by atoms with E-state index in [1.807, 2.05) is 0 Å². The second kappa shape index (κ2) is 20.7. The van der Waals surface area contributed by atoms with E-state index in [2.05, 4.69) is 73.6 Å². The van der Waals surface area contributed by atoms with E-state index < -0.39 is 0 Å². The number of rotatable bonds is 22. The minimum Gasteiger partial charge on any atom is -0.382 e. The Morgan fingerprint density at radius 1 is 0.659 bits per heavy atom. The summed E-state index contributed by atoms with van der Waals surface area (Å²) >= 11 is 0. The van der Waals surface area contributed by atoms with Gasteiger partial charge in [0.15, 0.2) is 0 Å². The number of nitrogens with zero attached hydrogens (tertiary/aromatic N) is 1. The third-order valence-corrected chi connectivity index (χ3v) is 6.70. The van der Waals surface area contributed by atoms with Crippen molar-refractivity contribution in [1.29, 1.82) is 0 Å². The minimum absolute atomic E-state index is 0.0174. The molecule has 0 N–H and O–H groups in total. The lowest BCUT2D eigenvalue weighted by atomic mass is 9.93. The van der Waals surface area contributed by atoms with Crippen molar-refractivity contribution in [2.75, 3.05) is 107 Å². The van der Waals surface area contributed by atoms with Gasteiger partial charge in [-0.05, 0) is 48.3 Å². The van der Waals surface area contributed by atoms with Crippen molar-refractivity contribution in [3.63, 3.8) is 0 Å². The molecule has 0 aliphatic heterocycles. The molecule has 0 saturated carbocycles. The summed E-state index contributed by atoms with van der Waals surface area (Å²) in [5, 5.41) is 0. The number of hydrogen-bond acceptors (Lipinski definition) is 8. The first-order chi connectivity index (χ1) is 20.2. The van der Waals surface area contributed by atoms with Crippen LogP contribution in [0, 0.1) is 0 Å². The smallest absolute Gasteiger partial charge is 0.0872 e. The van der Waals surface area contributed by atoms with Crippen LogP contribution in [-0.4, -0.2) is 112 Å². The Kier molecular flexibility index (Phi) is 16.8. The highest BCUT2D eigenvalue weighted by Gasteiger charge is 2.25. The molecule has 0 amide bonds. The zero-order valence-corrected chi connectivity index (χ0v) is 25.2. The summed E-state index contributed by atoms with van der Waals surface area (Å²) < 4.78 is 39.0. The SMILES string of the molecule is COCCOCCOCCOCCOCCOCCO[C@H]1Cc2ccccc2/C(=C/CCN(C)C)c2ccccc21. The molecule has 0 saturated heterocycles. The summed E-state index contributed by atoms with van der Waals surface area (Å²) in [6.07, 6.45) is 4.20. The summed E-state index contributed by atoms with van der Waals surface area (Å²) in [4.78, 5) is 2.22. The van der Waals surface area contributed by atoms with Crippen molar-refractivity contribution in [2.45, 2.75) is 18.9 Å². The predicted octanol–water partition coefficient (Wildman–Crippen LogP) is 4.41. The number of benzene rings is 2. The van der Waals surface area contributed by atoms with E-state index in [9.17, 15) is 0 Å². The van der Waals surface area contributed by atoms with Crippen molar-refractivity contribution >= 4 is 5.57 Å². The molecular formula is C33H49NO7. The fourth-order valence-electron chi connectivity index (χ4n) is 4.65. The Hall–Kier alpha value is -2.14. The average Bonchev–Trinajstić information content (AvgIpc) is 3.11. The normalized spacial score (nSPS) is 15.7. The molecule has 1 atom stereocenters. The topological polar surface area (TPSA) is 67.9 Å². The maximum atomic E-state index is 6.42. The van der Waals surface area contributed by atoms with Crippen LogP contribution in [-0.2, 0) is 39.6 Å². The number of ether oxygens (including phenoxy) is 7. The predicted molar refractivity (Wildman–Crippen MR) is 162 cm³/mol. The van der Waals surface area contributed by atoms with Crippen LogP contribution in [0.15, 0.2) is 54.6 Å². The first-order valence-corrected chi connectivity index (χ1v) is 14.7. The lowest BCUT2D eigenvalue weighted by molar-refractivity contribution is -0.0266. The molecule has 1 aliphatic rings. The van der Waals surface area contributed by atoms with Crippen LogP contribution < -0.4 is 0 Å². The number of fused-ring (bicyclic) bond motifs is 2. The van der Waals surface area contributed by atoms with Gasteiger partial charge in [-0.3, -0.25) is 0 Å². The van der Waals surface area contributed by atoms with Gasteiger partial charge in [-0.2, -0.15) is 0 Å². The van der Waals surface area contributed by atoms with Crippen LogP contribution in [0.2, 0.25) is 0 Å². The standard InChI is InChI=1S/C33H49NO7/c1-34(2)14-8-13-30-29-10-5-4-9-28(29)27-33(32-12-7-6-11-31(30)32)41-26-25-40-24-23-39-22-21-38-20-19-37-18-17-36-16-15-35-3/h4-7,9-13,33H,8,14-27H2,1-3H3/b30-13-/t33-/m0/s1. The van der Waals surface area contributed by atoms with E-state index in [1.165, 1.54) is 27.8 Å². The Morgan fingerprint density at radius 2 is 1.17 bits per heavy atom. The molecule has 0 bridgehead atoms.